The van der Waals surface area contributed by atoms with Crippen LogP contribution in [-0.4, -0.2) is 27.8 Å². The molecule has 1 amide bonds. The summed E-state index contributed by atoms with van der Waals surface area (Å²) >= 11 is 10.4. The fourth-order valence-electron chi connectivity index (χ4n) is 2.46. The van der Waals surface area contributed by atoms with Crippen LogP contribution < -0.4 is 10.3 Å². The van der Waals surface area contributed by atoms with Crippen LogP contribution in [-0.2, 0) is 6.54 Å². The van der Waals surface area contributed by atoms with Crippen LogP contribution in [0.2, 0.25) is 5.15 Å². The maximum Gasteiger partial charge on any atom is 0.335 e. The van der Waals surface area contributed by atoms with Gasteiger partial charge < -0.3 is 5.11 Å². The van der Waals surface area contributed by atoms with Gasteiger partial charge in [-0.3, -0.25) is 14.2 Å². The molecule has 148 valence electrons. The van der Waals surface area contributed by atoms with Gasteiger partial charge in [0.25, 0.3) is 5.91 Å². The second-order valence-electron chi connectivity index (χ2n) is 5.79. The average molecular weight is 495 g/mol. The molecule has 2 aromatic carbocycles. The predicted octanol–water partition coefficient (Wildman–Crippen LogP) is 3.84. The van der Waals surface area contributed by atoms with Gasteiger partial charge in [0.1, 0.15) is 5.15 Å². The Labute approximate surface area is 182 Å². The first kappa shape index (κ1) is 21.0. The molecule has 1 aromatic heterocycles. The third kappa shape index (κ3) is 5.00. The van der Waals surface area contributed by atoms with Crippen LogP contribution in [0.15, 0.2) is 62.9 Å². The minimum Gasteiger partial charge on any atom is -0.478 e. The van der Waals surface area contributed by atoms with E-state index < -0.39 is 11.9 Å². The van der Waals surface area contributed by atoms with Crippen LogP contribution in [0.4, 0.5) is 0 Å². The smallest absolute Gasteiger partial charge is 0.335 e. The first-order chi connectivity index (χ1) is 13.9. The summed E-state index contributed by atoms with van der Waals surface area (Å²) in [6, 6.07) is 13.1. The minimum atomic E-state index is -1.05. The second-order valence-corrected chi connectivity index (χ2v) is 8.00. The highest BCUT2D eigenvalue weighted by Crippen LogP contribution is 2.19. The Morgan fingerprint density at radius 2 is 2.00 bits per heavy atom. The van der Waals surface area contributed by atoms with E-state index in [1.54, 1.807) is 36.4 Å². The van der Waals surface area contributed by atoms with Gasteiger partial charge in [-0.1, -0.05) is 47.2 Å². The molecule has 0 saturated carbocycles. The summed E-state index contributed by atoms with van der Waals surface area (Å²) < 4.78 is 1.94. The molecule has 29 heavy (non-hydrogen) atoms. The second kappa shape index (κ2) is 9.17. The molecular weight excluding hydrogens is 482 g/mol. The van der Waals surface area contributed by atoms with Gasteiger partial charge in [-0.2, -0.15) is 5.10 Å². The van der Waals surface area contributed by atoms with Crippen molar-refractivity contribution >= 4 is 57.0 Å². The number of hydrazone groups is 1. The number of aromatic nitrogens is 1. The summed E-state index contributed by atoms with van der Waals surface area (Å²) in [4.78, 5) is 35.6. The molecule has 3 rings (SSSR count). The topological polar surface area (TPSA) is 101 Å². The average Bonchev–Trinajstić information content (AvgIpc) is 2.96. The van der Waals surface area contributed by atoms with Gasteiger partial charge in [0.15, 0.2) is 0 Å². The quantitative estimate of drug-likeness (QED) is 0.402. The third-order valence-electron chi connectivity index (χ3n) is 3.84. The van der Waals surface area contributed by atoms with Gasteiger partial charge in [0.05, 0.1) is 28.8 Å². The monoisotopic (exact) mass is 493 g/mol. The van der Waals surface area contributed by atoms with Gasteiger partial charge in [0.2, 0.25) is 0 Å². The van der Waals surface area contributed by atoms with E-state index in [0.717, 1.165) is 11.3 Å². The van der Waals surface area contributed by atoms with Gasteiger partial charge >= 0.3 is 10.8 Å². The molecule has 10 heteroatoms. The van der Waals surface area contributed by atoms with Crippen molar-refractivity contribution in [3.63, 3.8) is 0 Å². The molecule has 0 atom stereocenters. The van der Waals surface area contributed by atoms with Gasteiger partial charge in [0, 0.05) is 4.47 Å². The van der Waals surface area contributed by atoms with Crippen molar-refractivity contribution in [3.05, 3.63) is 89.4 Å². The van der Waals surface area contributed by atoms with E-state index in [9.17, 15) is 14.4 Å². The van der Waals surface area contributed by atoms with Crippen LogP contribution in [0.25, 0.3) is 0 Å². The molecule has 0 aliphatic heterocycles. The molecule has 1 heterocycles. The Bertz CT molecular complexity index is 1170. The van der Waals surface area contributed by atoms with Crippen LogP contribution in [0.3, 0.4) is 0 Å². The summed E-state index contributed by atoms with van der Waals surface area (Å²) in [6.45, 7) is 0.118. The summed E-state index contributed by atoms with van der Waals surface area (Å²) in [6.07, 6.45) is 1.30. The molecule has 0 radical (unpaired) electrons. The first-order valence-corrected chi connectivity index (χ1v) is 10.1. The van der Waals surface area contributed by atoms with Crippen molar-refractivity contribution < 1.29 is 14.7 Å². The number of carboxylic acids is 1. The van der Waals surface area contributed by atoms with E-state index in [-0.39, 0.29) is 22.1 Å². The van der Waals surface area contributed by atoms with E-state index in [2.05, 4.69) is 26.5 Å². The zero-order valence-electron chi connectivity index (χ0n) is 14.6. The van der Waals surface area contributed by atoms with Crippen molar-refractivity contribution in [3.8, 4) is 0 Å². The fraction of sp³-hybridized carbons (Fsp3) is 0.0526. The Morgan fingerprint density at radius 3 is 2.72 bits per heavy atom. The number of nitrogens with one attached hydrogen (secondary N) is 1. The lowest BCUT2D eigenvalue weighted by Gasteiger charge is -2.05. The fourth-order valence-corrected chi connectivity index (χ4v) is 4.03. The summed E-state index contributed by atoms with van der Waals surface area (Å²) in [7, 11) is 0. The SMILES string of the molecule is O=C(O)c1cccc(Cn2c(Cl)c(C=NNC(=O)c3ccccc3Br)sc2=O)c1. The highest BCUT2D eigenvalue weighted by molar-refractivity contribution is 9.10. The number of hydrogen-bond acceptors (Lipinski definition) is 5. The molecule has 3 aromatic rings. The van der Waals surface area contributed by atoms with Crippen LogP contribution in [0, 0.1) is 0 Å². The molecule has 0 aliphatic rings. The molecule has 0 spiro atoms. The third-order valence-corrected chi connectivity index (χ3v) is 5.96. The maximum absolute atomic E-state index is 12.3. The Kier molecular flexibility index (Phi) is 6.63. The van der Waals surface area contributed by atoms with Crippen LogP contribution >= 0.6 is 38.9 Å². The zero-order valence-corrected chi connectivity index (χ0v) is 17.8. The molecule has 0 fully saturated rings. The Morgan fingerprint density at radius 1 is 1.24 bits per heavy atom. The van der Waals surface area contributed by atoms with Crippen molar-refractivity contribution in [1.29, 1.82) is 0 Å². The Hall–Kier alpha value is -2.75. The summed E-state index contributed by atoms with van der Waals surface area (Å²) in [5, 5.41) is 13.1. The summed E-state index contributed by atoms with van der Waals surface area (Å²) in [5.41, 5.74) is 3.55. The van der Waals surface area contributed by atoms with Gasteiger partial charge in [-0.15, -0.1) is 0 Å². The lowest BCUT2D eigenvalue weighted by atomic mass is 10.1. The molecular formula is C19H13BrClN3O4S. The lowest BCUT2D eigenvalue weighted by Crippen LogP contribution is -2.18. The van der Waals surface area contributed by atoms with E-state index >= 15 is 0 Å². The number of thiazole rings is 1. The molecule has 0 unspecified atom stereocenters. The van der Waals surface area contributed by atoms with E-state index in [1.165, 1.54) is 22.9 Å². The van der Waals surface area contributed by atoms with Crippen molar-refractivity contribution in [2.75, 3.05) is 0 Å². The van der Waals surface area contributed by atoms with E-state index in [4.69, 9.17) is 16.7 Å². The lowest BCUT2D eigenvalue weighted by molar-refractivity contribution is 0.0696. The van der Waals surface area contributed by atoms with Gasteiger partial charge in [-0.05, 0) is 45.8 Å². The number of carbonyl (C=O) groups is 2. The number of aromatic carboxylic acids is 1. The van der Waals surface area contributed by atoms with Crippen LogP contribution in [0.1, 0.15) is 31.2 Å². The van der Waals surface area contributed by atoms with Crippen LogP contribution in [0.5, 0.6) is 0 Å². The highest BCUT2D eigenvalue weighted by atomic mass is 79.9. The van der Waals surface area contributed by atoms with Crippen molar-refractivity contribution in [1.82, 2.24) is 9.99 Å². The number of carbonyl (C=O) groups excluding carboxylic acids is 1. The first-order valence-electron chi connectivity index (χ1n) is 8.16. The van der Waals surface area contributed by atoms with E-state index in [1.807, 2.05) is 0 Å². The highest BCUT2D eigenvalue weighted by Gasteiger charge is 2.13. The molecule has 0 aliphatic carbocycles. The molecule has 0 bridgehead atoms. The zero-order chi connectivity index (χ0) is 21.0. The van der Waals surface area contributed by atoms with Crippen molar-refractivity contribution in [2.45, 2.75) is 6.54 Å². The summed E-state index contributed by atoms with van der Waals surface area (Å²) in [5.74, 6) is -1.47. The largest absolute Gasteiger partial charge is 0.478 e. The van der Waals surface area contributed by atoms with E-state index in [0.29, 0.717) is 20.5 Å². The number of benzene rings is 2. The Balaban J connectivity index is 1.76. The predicted molar refractivity (Wildman–Crippen MR) is 115 cm³/mol. The number of nitrogens with zero attached hydrogens (tertiary/aromatic N) is 2. The number of halogens is 2. The number of rotatable bonds is 6. The number of carboxylic acid groups (broad SMARTS) is 1. The molecule has 0 saturated heterocycles. The molecule has 7 nitrogen and oxygen atoms in total. The van der Waals surface area contributed by atoms with Gasteiger partial charge in [-0.25, -0.2) is 10.2 Å². The standard InChI is InChI=1S/C19H13BrClN3O4S/c20-14-7-2-1-6-13(14)17(25)23-22-9-15-16(21)24(19(28)29-15)10-11-4-3-5-12(8-11)18(26)27/h1-9H,10H2,(H,23,25)(H,26,27). The minimum absolute atomic E-state index is 0.118. The van der Waals surface area contributed by atoms with Crippen molar-refractivity contribution in [2.24, 2.45) is 5.10 Å². The number of amides is 1. The molecule has 2 N–H and O–H groups in total. The normalized spacial score (nSPS) is 11.0. The maximum atomic E-state index is 12.3. The number of hydrogen-bond donors (Lipinski definition) is 2.